The molecule has 27 heavy (non-hydrogen) atoms. The summed E-state index contributed by atoms with van der Waals surface area (Å²) in [7, 11) is 0. The maximum Gasteiger partial charge on any atom is 0.225 e. The van der Waals surface area contributed by atoms with Crippen LogP contribution in [0.5, 0.6) is 0 Å². The minimum absolute atomic E-state index is 0.134. The average molecular weight is 374 g/mol. The highest BCUT2D eigenvalue weighted by Crippen LogP contribution is 2.21. The molecule has 7 heteroatoms. The number of hydrogen-bond acceptors (Lipinski definition) is 6. The maximum atomic E-state index is 5.72. The van der Waals surface area contributed by atoms with Gasteiger partial charge in [-0.05, 0) is 12.8 Å². The van der Waals surface area contributed by atoms with Crippen molar-refractivity contribution in [2.75, 3.05) is 11.5 Å². The quantitative estimate of drug-likeness (QED) is 0.446. The van der Waals surface area contributed by atoms with Gasteiger partial charge in [0, 0.05) is 6.42 Å². The molecule has 0 fully saturated rings. The SMILES string of the molecule is CCCCCCCCCCCc1nc(CCC)c(-c2nc(N)nc(N)n2)[nH]1. The highest BCUT2D eigenvalue weighted by molar-refractivity contribution is 5.56. The molecule has 2 heterocycles. The Morgan fingerprint density at radius 1 is 0.667 bits per heavy atom. The van der Waals surface area contributed by atoms with Gasteiger partial charge in [0.2, 0.25) is 11.9 Å². The molecule has 2 aromatic rings. The van der Waals surface area contributed by atoms with E-state index in [0.717, 1.165) is 42.9 Å². The van der Waals surface area contributed by atoms with Gasteiger partial charge in [-0.3, -0.25) is 0 Å². The number of anilines is 2. The number of aryl methyl sites for hydroxylation is 2. The van der Waals surface area contributed by atoms with Crippen LogP contribution in [0.25, 0.3) is 11.5 Å². The van der Waals surface area contributed by atoms with Crippen LogP contribution in [0.15, 0.2) is 0 Å². The number of nitrogens with two attached hydrogens (primary N) is 2. The van der Waals surface area contributed by atoms with Gasteiger partial charge in [0.15, 0.2) is 5.82 Å². The summed E-state index contributed by atoms with van der Waals surface area (Å²) in [6.07, 6.45) is 14.7. The Kier molecular flexibility index (Phi) is 9.01. The van der Waals surface area contributed by atoms with Gasteiger partial charge >= 0.3 is 0 Å². The van der Waals surface area contributed by atoms with Crippen LogP contribution in [0.4, 0.5) is 11.9 Å². The molecule has 0 aliphatic rings. The summed E-state index contributed by atoms with van der Waals surface area (Å²) in [6.45, 7) is 4.39. The van der Waals surface area contributed by atoms with E-state index in [-0.39, 0.29) is 11.9 Å². The average Bonchev–Trinajstić information content (AvgIpc) is 3.03. The van der Waals surface area contributed by atoms with E-state index in [0.29, 0.717) is 5.82 Å². The van der Waals surface area contributed by atoms with Crippen molar-refractivity contribution in [2.45, 2.75) is 90.9 Å². The van der Waals surface area contributed by atoms with Gasteiger partial charge < -0.3 is 16.5 Å². The monoisotopic (exact) mass is 373 g/mol. The molecule has 0 atom stereocenters. The normalized spacial score (nSPS) is 11.2. The number of hydrogen-bond donors (Lipinski definition) is 3. The van der Waals surface area contributed by atoms with Gasteiger partial charge in [-0.2, -0.15) is 15.0 Å². The zero-order valence-electron chi connectivity index (χ0n) is 16.9. The first-order valence-electron chi connectivity index (χ1n) is 10.5. The van der Waals surface area contributed by atoms with E-state index in [1.165, 1.54) is 51.4 Å². The van der Waals surface area contributed by atoms with Crippen molar-refractivity contribution >= 4 is 11.9 Å². The van der Waals surface area contributed by atoms with Gasteiger partial charge in [0.05, 0.1) is 5.69 Å². The van der Waals surface area contributed by atoms with E-state index in [9.17, 15) is 0 Å². The molecule has 0 saturated heterocycles. The zero-order chi connectivity index (χ0) is 19.5. The first-order chi connectivity index (χ1) is 13.1. The Bertz CT molecular complexity index is 661. The van der Waals surface area contributed by atoms with Crippen molar-refractivity contribution in [2.24, 2.45) is 0 Å². The fraction of sp³-hybridized carbons (Fsp3) is 0.700. The molecule has 0 unspecified atom stereocenters. The number of aromatic amines is 1. The van der Waals surface area contributed by atoms with Gasteiger partial charge in [-0.15, -0.1) is 0 Å². The summed E-state index contributed by atoms with van der Waals surface area (Å²) in [5.74, 6) is 1.74. The second-order valence-corrected chi connectivity index (χ2v) is 7.21. The lowest BCUT2D eigenvalue weighted by molar-refractivity contribution is 0.562. The van der Waals surface area contributed by atoms with Crippen molar-refractivity contribution in [3.05, 3.63) is 11.5 Å². The van der Waals surface area contributed by atoms with Crippen molar-refractivity contribution in [1.82, 2.24) is 24.9 Å². The Morgan fingerprint density at radius 3 is 1.85 bits per heavy atom. The van der Waals surface area contributed by atoms with E-state index in [1.54, 1.807) is 0 Å². The Morgan fingerprint density at radius 2 is 1.26 bits per heavy atom. The molecular formula is C20H35N7. The molecule has 2 aromatic heterocycles. The molecule has 0 aromatic carbocycles. The lowest BCUT2D eigenvalue weighted by Crippen LogP contribution is -2.05. The summed E-state index contributed by atoms with van der Waals surface area (Å²) in [6, 6.07) is 0. The summed E-state index contributed by atoms with van der Waals surface area (Å²) in [4.78, 5) is 20.4. The minimum atomic E-state index is 0.134. The highest BCUT2D eigenvalue weighted by Gasteiger charge is 2.15. The first-order valence-corrected chi connectivity index (χ1v) is 10.5. The van der Waals surface area contributed by atoms with E-state index >= 15 is 0 Å². The number of aromatic nitrogens is 5. The van der Waals surface area contributed by atoms with Crippen LogP contribution in [0.3, 0.4) is 0 Å². The van der Waals surface area contributed by atoms with Crippen molar-refractivity contribution < 1.29 is 0 Å². The number of nitrogen functional groups attached to an aromatic ring is 2. The van der Waals surface area contributed by atoms with E-state index < -0.39 is 0 Å². The molecule has 0 bridgehead atoms. The molecule has 0 spiro atoms. The summed E-state index contributed by atoms with van der Waals surface area (Å²) < 4.78 is 0. The number of nitrogens with zero attached hydrogens (tertiary/aromatic N) is 4. The predicted molar refractivity (Wildman–Crippen MR) is 111 cm³/mol. The third-order valence-electron chi connectivity index (χ3n) is 4.73. The molecule has 0 aliphatic heterocycles. The van der Waals surface area contributed by atoms with Gasteiger partial charge in [0.1, 0.15) is 11.5 Å². The van der Waals surface area contributed by atoms with Gasteiger partial charge in [0.25, 0.3) is 0 Å². The minimum Gasteiger partial charge on any atom is -0.368 e. The lowest BCUT2D eigenvalue weighted by atomic mass is 10.1. The topological polar surface area (TPSA) is 119 Å². The fourth-order valence-electron chi connectivity index (χ4n) is 3.31. The molecule has 5 N–H and O–H groups in total. The zero-order valence-corrected chi connectivity index (χ0v) is 16.9. The number of nitrogens with one attached hydrogen (secondary N) is 1. The van der Waals surface area contributed by atoms with E-state index in [2.05, 4.69) is 33.8 Å². The lowest BCUT2D eigenvalue weighted by Gasteiger charge is -2.02. The maximum absolute atomic E-state index is 5.72. The summed E-state index contributed by atoms with van der Waals surface area (Å²) >= 11 is 0. The van der Waals surface area contributed by atoms with Crippen LogP contribution in [-0.4, -0.2) is 24.9 Å². The van der Waals surface area contributed by atoms with Crippen molar-refractivity contribution in [3.63, 3.8) is 0 Å². The van der Waals surface area contributed by atoms with Crippen LogP contribution in [-0.2, 0) is 12.8 Å². The van der Waals surface area contributed by atoms with Crippen LogP contribution >= 0.6 is 0 Å². The summed E-state index contributed by atoms with van der Waals surface area (Å²) in [5, 5.41) is 0. The second-order valence-electron chi connectivity index (χ2n) is 7.21. The molecule has 0 radical (unpaired) electrons. The molecule has 7 nitrogen and oxygen atoms in total. The molecule has 2 rings (SSSR count). The molecular weight excluding hydrogens is 338 g/mol. The van der Waals surface area contributed by atoms with Crippen molar-refractivity contribution in [1.29, 1.82) is 0 Å². The predicted octanol–water partition coefficient (Wildman–Crippen LogP) is 4.45. The third kappa shape index (κ3) is 7.15. The number of unbranched alkanes of at least 4 members (excludes halogenated alkanes) is 8. The van der Waals surface area contributed by atoms with Crippen LogP contribution in [0.2, 0.25) is 0 Å². The Hall–Kier alpha value is -2.18. The molecule has 0 saturated carbocycles. The number of imidazole rings is 1. The van der Waals surface area contributed by atoms with E-state index in [4.69, 9.17) is 16.5 Å². The van der Waals surface area contributed by atoms with Crippen molar-refractivity contribution in [3.8, 4) is 11.5 Å². The molecule has 150 valence electrons. The van der Waals surface area contributed by atoms with Gasteiger partial charge in [-0.25, -0.2) is 4.98 Å². The standard InChI is InChI=1S/C20H35N7/c1-3-5-6-7-8-9-10-11-12-14-16-23-15(13-4-2)17(24-16)18-25-19(21)27-20(22)26-18/h3-14H2,1-2H3,(H,23,24)(H4,21,22,25,26,27). The largest absolute Gasteiger partial charge is 0.368 e. The molecule has 0 amide bonds. The third-order valence-corrected chi connectivity index (χ3v) is 4.73. The number of H-pyrrole nitrogens is 1. The van der Waals surface area contributed by atoms with Crippen LogP contribution < -0.4 is 11.5 Å². The highest BCUT2D eigenvalue weighted by atomic mass is 15.2. The van der Waals surface area contributed by atoms with Crippen LogP contribution in [0, 0.1) is 0 Å². The smallest absolute Gasteiger partial charge is 0.225 e. The van der Waals surface area contributed by atoms with Crippen LogP contribution in [0.1, 0.15) is 89.6 Å². The number of rotatable bonds is 13. The van der Waals surface area contributed by atoms with Gasteiger partial charge in [-0.1, -0.05) is 71.6 Å². The Balaban J connectivity index is 1.85. The second kappa shape index (κ2) is 11.5. The summed E-state index contributed by atoms with van der Waals surface area (Å²) in [5.41, 5.74) is 13.2. The fourth-order valence-corrected chi connectivity index (χ4v) is 3.31. The molecule has 0 aliphatic carbocycles. The Labute approximate surface area is 162 Å². The van der Waals surface area contributed by atoms with E-state index in [1.807, 2.05) is 0 Å². The first kappa shape index (κ1) is 21.1.